The van der Waals surface area contributed by atoms with Gasteiger partial charge in [-0.25, -0.2) is 0 Å². The lowest BCUT2D eigenvalue weighted by molar-refractivity contribution is -0.734. The monoisotopic (exact) mass is 620 g/mol. The molecule has 0 radical (unpaired) electrons. The number of rotatable bonds is 8. The zero-order valence-corrected chi connectivity index (χ0v) is 23.8. The molecule has 2 aromatic heterocycles. The molecular weight excluding hydrogens is 598 g/mol. The van der Waals surface area contributed by atoms with Crippen LogP contribution in [0.5, 0.6) is 5.75 Å². The Bertz CT molecular complexity index is 2000. The van der Waals surface area contributed by atoms with Crippen LogP contribution in [0, 0.1) is 6.92 Å². The summed E-state index contributed by atoms with van der Waals surface area (Å²) < 4.78 is 73.8. The molecule has 17 heteroatoms. The number of nitrogens with zero attached hydrogens (tertiary/aromatic N) is 5. The minimum atomic E-state index is -4.71. The maximum atomic E-state index is 12.2. The molecule has 5 rings (SSSR count). The van der Waals surface area contributed by atoms with E-state index < -0.39 is 36.6 Å². The van der Waals surface area contributed by atoms with Crippen molar-refractivity contribution in [1.82, 2.24) is 20.0 Å². The van der Waals surface area contributed by atoms with Crippen molar-refractivity contribution in [2.24, 2.45) is 0 Å². The molecule has 0 amide bonds. The molecular formula is C24H22N5O9S3+. The number of aryl methyl sites for hydroxylation is 1. The molecule has 0 saturated heterocycles. The fraction of sp³-hybridized carbons (Fsp3) is 0.167. The standard InChI is InChI=1S/C24H21N5O9S3/c1-13-3-6-17(22(7-13)41(35,36)37)23-26-28(19-9-16(40(32,33)34)5-4-14(19)11-30)29(27-23)24-25-18-8-15(12-31)20(38-2)10-21(18)39-24/h3-10,30-31H,11-12H2,1-2H3,(H-,32,33,34,35,36,37)/p+1. The molecule has 0 unspecified atom stereocenters. The molecule has 0 aliphatic carbocycles. The molecule has 41 heavy (non-hydrogen) atoms. The van der Waals surface area contributed by atoms with Gasteiger partial charge >= 0.3 is 5.13 Å². The van der Waals surface area contributed by atoms with Crippen molar-refractivity contribution >= 4 is 41.8 Å². The van der Waals surface area contributed by atoms with Gasteiger partial charge in [-0.3, -0.25) is 9.11 Å². The third-order valence-electron chi connectivity index (χ3n) is 6.08. The first-order valence-corrected chi connectivity index (χ1v) is 15.3. The van der Waals surface area contributed by atoms with Crippen LogP contribution in [0.2, 0.25) is 0 Å². The Labute approximate surface area is 237 Å². The molecule has 0 aliphatic rings. The van der Waals surface area contributed by atoms with Gasteiger partial charge in [-0.05, 0) is 57.5 Å². The predicted molar refractivity (Wildman–Crippen MR) is 144 cm³/mol. The molecule has 214 valence electrons. The highest BCUT2D eigenvalue weighted by molar-refractivity contribution is 7.86. The van der Waals surface area contributed by atoms with Gasteiger partial charge in [-0.15, -0.1) is 0 Å². The molecule has 0 aliphatic heterocycles. The topological polar surface area (TPSA) is 206 Å². The van der Waals surface area contributed by atoms with E-state index in [4.69, 9.17) is 4.74 Å². The minimum absolute atomic E-state index is 0.0187. The van der Waals surface area contributed by atoms with E-state index in [9.17, 15) is 36.2 Å². The number of methoxy groups -OCH3 is 1. The van der Waals surface area contributed by atoms with Crippen LogP contribution in [0.25, 0.3) is 32.4 Å². The lowest BCUT2D eigenvalue weighted by Crippen LogP contribution is -2.43. The highest BCUT2D eigenvalue weighted by Crippen LogP contribution is 2.31. The van der Waals surface area contributed by atoms with E-state index in [-0.39, 0.29) is 34.4 Å². The number of ether oxygens (including phenoxy) is 1. The van der Waals surface area contributed by atoms with Crippen LogP contribution >= 0.6 is 11.3 Å². The number of thiazole rings is 1. The van der Waals surface area contributed by atoms with Gasteiger partial charge in [0.2, 0.25) is 0 Å². The Morgan fingerprint density at radius 1 is 0.951 bits per heavy atom. The number of fused-ring (bicyclic) bond motifs is 1. The smallest absolute Gasteiger partial charge is 0.365 e. The predicted octanol–water partition coefficient (Wildman–Crippen LogP) is 1.62. The Hall–Kier alpha value is -3.84. The largest absolute Gasteiger partial charge is 0.496 e. The zero-order chi connectivity index (χ0) is 29.7. The third kappa shape index (κ3) is 5.43. The number of aliphatic hydroxyl groups excluding tert-OH is 2. The first-order valence-electron chi connectivity index (χ1n) is 11.6. The van der Waals surface area contributed by atoms with Crippen molar-refractivity contribution < 1.29 is 45.7 Å². The Morgan fingerprint density at radius 3 is 2.32 bits per heavy atom. The van der Waals surface area contributed by atoms with Crippen LogP contribution in [0.4, 0.5) is 0 Å². The van der Waals surface area contributed by atoms with Crippen molar-refractivity contribution in [2.45, 2.75) is 29.9 Å². The summed E-state index contributed by atoms with van der Waals surface area (Å²) in [5.74, 6) is 0.231. The van der Waals surface area contributed by atoms with Gasteiger partial charge in [0.1, 0.15) is 16.3 Å². The Kier molecular flexibility index (Phi) is 7.36. The van der Waals surface area contributed by atoms with Crippen molar-refractivity contribution in [3.63, 3.8) is 0 Å². The molecule has 5 aromatic rings. The van der Waals surface area contributed by atoms with Crippen molar-refractivity contribution in [1.29, 1.82) is 0 Å². The van der Waals surface area contributed by atoms with Crippen molar-refractivity contribution in [3.8, 4) is 28.0 Å². The normalized spacial score (nSPS) is 12.2. The highest BCUT2D eigenvalue weighted by Gasteiger charge is 2.30. The highest BCUT2D eigenvalue weighted by atomic mass is 32.2. The minimum Gasteiger partial charge on any atom is -0.496 e. The van der Waals surface area contributed by atoms with Gasteiger partial charge in [0.15, 0.2) is 5.52 Å². The third-order valence-corrected chi connectivity index (χ3v) is 8.80. The van der Waals surface area contributed by atoms with Crippen LogP contribution in [0.15, 0.2) is 58.3 Å². The first-order chi connectivity index (χ1) is 19.3. The van der Waals surface area contributed by atoms with E-state index >= 15 is 0 Å². The number of benzene rings is 3. The molecule has 0 bridgehead atoms. The summed E-state index contributed by atoms with van der Waals surface area (Å²) in [6.07, 6.45) is 0. The molecule has 2 heterocycles. The number of aromatic nitrogens is 5. The van der Waals surface area contributed by atoms with Crippen LogP contribution in [-0.4, -0.2) is 63.2 Å². The summed E-state index contributed by atoms with van der Waals surface area (Å²) in [6.45, 7) is 0.761. The Balaban J connectivity index is 1.84. The first kappa shape index (κ1) is 28.7. The van der Waals surface area contributed by atoms with E-state index in [0.29, 0.717) is 27.1 Å². The molecule has 0 spiro atoms. The molecule has 3 aromatic carbocycles. The summed E-state index contributed by atoms with van der Waals surface area (Å²) in [5, 5.41) is 28.8. The molecule has 4 N–H and O–H groups in total. The average molecular weight is 621 g/mol. The van der Waals surface area contributed by atoms with E-state index in [2.05, 4.69) is 15.2 Å². The summed E-state index contributed by atoms with van der Waals surface area (Å²) in [7, 11) is -7.93. The van der Waals surface area contributed by atoms with E-state index in [1.807, 2.05) is 0 Å². The molecule has 0 saturated carbocycles. The average Bonchev–Trinajstić information content (AvgIpc) is 3.55. The van der Waals surface area contributed by atoms with Gasteiger partial charge in [-0.2, -0.15) is 16.8 Å². The van der Waals surface area contributed by atoms with Gasteiger partial charge < -0.3 is 14.9 Å². The zero-order valence-electron chi connectivity index (χ0n) is 21.3. The van der Waals surface area contributed by atoms with Gasteiger partial charge in [0.25, 0.3) is 26.1 Å². The lowest BCUT2D eigenvalue weighted by Gasteiger charge is -2.07. The fourth-order valence-corrected chi connectivity index (χ4v) is 6.30. The summed E-state index contributed by atoms with van der Waals surface area (Å²) in [5.41, 5.74) is 1.58. The maximum absolute atomic E-state index is 12.2. The summed E-state index contributed by atoms with van der Waals surface area (Å²) >= 11 is 1.12. The van der Waals surface area contributed by atoms with E-state index in [1.54, 1.807) is 25.1 Å². The molecule has 0 fully saturated rings. The quantitative estimate of drug-likeness (QED) is 0.144. The SMILES string of the molecule is COc1cc2sc(-[n+]3nc(-c4ccc(C)cc4S(=O)(=O)O)nn3-c3cc(S(=O)(=O)O)ccc3CO)nc2cc1CO. The number of hydrogen-bond acceptors (Lipinski definition) is 11. The van der Waals surface area contributed by atoms with Crippen molar-refractivity contribution in [2.75, 3.05) is 7.11 Å². The van der Waals surface area contributed by atoms with Crippen LogP contribution in [0.1, 0.15) is 16.7 Å². The summed E-state index contributed by atoms with van der Waals surface area (Å²) in [4.78, 5) is 5.85. The summed E-state index contributed by atoms with van der Waals surface area (Å²) in [6, 6.07) is 11.0. The van der Waals surface area contributed by atoms with Gasteiger partial charge in [0, 0.05) is 22.3 Å². The number of hydrogen-bond donors (Lipinski definition) is 4. The molecule has 0 atom stereocenters. The van der Waals surface area contributed by atoms with Crippen LogP contribution in [-0.2, 0) is 33.5 Å². The number of aliphatic hydroxyl groups is 2. The second-order valence-electron chi connectivity index (χ2n) is 8.79. The Morgan fingerprint density at radius 2 is 1.68 bits per heavy atom. The van der Waals surface area contributed by atoms with Gasteiger partial charge in [0.05, 0.1) is 35.5 Å². The van der Waals surface area contributed by atoms with Crippen molar-refractivity contribution in [3.05, 3.63) is 65.2 Å². The van der Waals surface area contributed by atoms with Crippen LogP contribution in [0.3, 0.4) is 0 Å². The fourth-order valence-electron chi connectivity index (χ4n) is 4.11. The van der Waals surface area contributed by atoms with Gasteiger partial charge in [-0.1, -0.05) is 28.5 Å². The van der Waals surface area contributed by atoms with Crippen LogP contribution < -0.4 is 9.53 Å². The van der Waals surface area contributed by atoms with E-state index in [0.717, 1.165) is 33.1 Å². The molecule has 14 nitrogen and oxygen atoms in total. The lowest BCUT2D eigenvalue weighted by atomic mass is 10.1. The number of tetrazole rings is 1. The second kappa shape index (κ2) is 10.5. The van der Waals surface area contributed by atoms with E-state index in [1.165, 1.54) is 25.3 Å². The second-order valence-corrected chi connectivity index (χ2v) is 12.6. The maximum Gasteiger partial charge on any atom is 0.365 e.